The summed E-state index contributed by atoms with van der Waals surface area (Å²) in [6.07, 6.45) is 0. The molecule has 0 aliphatic carbocycles. The lowest BCUT2D eigenvalue weighted by molar-refractivity contribution is -0.385. The Bertz CT molecular complexity index is 676. The van der Waals surface area contributed by atoms with Crippen molar-refractivity contribution in [2.75, 3.05) is 7.11 Å². The minimum absolute atomic E-state index is 0.0179. The second-order valence-corrected chi connectivity index (χ2v) is 4.13. The molecular weight excluding hydrogens is 284 g/mol. The standard InChI is InChI=1S/C14H11F2NO4/c1-20-14-5-2-9(6-13(14)17(18)19)8-21-10-3-4-11(15)12(16)7-10/h2-7H,8H2,1H3. The van der Waals surface area contributed by atoms with Gasteiger partial charge in [0.25, 0.3) is 0 Å². The molecule has 2 aromatic carbocycles. The number of nitro groups is 1. The molecular formula is C14H11F2NO4. The summed E-state index contributed by atoms with van der Waals surface area (Å²) in [5.41, 5.74) is 0.316. The maximum absolute atomic E-state index is 13.0. The molecule has 0 spiro atoms. The largest absolute Gasteiger partial charge is 0.490 e. The molecule has 5 nitrogen and oxygen atoms in total. The fraction of sp³-hybridized carbons (Fsp3) is 0.143. The highest BCUT2D eigenvalue weighted by Gasteiger charge is 2.15. The zero-order chi connectivity index (χ0) is 15.4. The van der Waals surface area contributed by atoms with Gasteiger partial charge in [0.1, 0.15) is 12.4 Å². The van der Waals surface area contributed by atoms with Crippen LogP contribution in [0.15, 0.2) is 36.4 Å². The quantitative estimate of drug-likeness (QED) is 0.626. The average molecular weight is 295 g/mol. The SMILES string of the molecule is COc1ccc(COc2ccc(F)c(F)c2)cc1[N+](=O)[O-]. The number of methoxy groups -OCH3 is 1. The summed E-state index contributed by atoms with van der Waals surface area (Å²) in [4.78, 5) is 10.3. The van der Waals surface area contributed by atoms with Gasteiger partial charge in [-0.2, -0.15) is 0 Å². The Morgan fingerprint density at radius 3 is 2.52 bits per heavy atom. The average Bonchev–Trinajstić information content (AvgIpc) is 2.48. The number of nitro benzene ring substituents is 1. The van der Waals surface area contributed by atoms with Crippen LogP contribution in [-0.4, -0.2) is 12.0 Å². The first-order chi connectivity index (χ1) is 10.0. The maximum Gasteiger partial charge on any atom is 0.311 e. The number of rotatable bonds is 5. The van der Waals surface area contributed by atoms with E-state index in [1.165, 1.54) is 25.3 Å². The monoisotopic (exact) mass is 295 g/mol. The molecule has 110 valence electrons. The number of halogens is 2. The van der Waals surface area contributed by atoms with E-state index in [4.69, 9.17) is 9.47 Å². The molecule has 0 aliphatic heterocycles. The van der Waals surface area contributed by atoms with Crippen molar-refractivity contribution >= 4 is 5.69 Å². The van der Waals surface area contributed by atoms with E-state index in [2.05, 4.69) is 0 Å². The predicted octanol–water partition coefficient (Wildman–Crippen LogP) is 3.46. The van der Waals surface area contributed by atoms with E-state index in [9.17, 15) is 18.9 Å². The number of ether oxygens (including phenoxy) is 2. The van der Waals surface area contributed by atoms with E-state index in [-0.39, 0.29) is 23.8 Å². The van der Waals surface area contributed by atoms with Gasteiger partial charge in [0.2, 0.25) is 0 Å². The molecule has 21 heavy (non-hydrogen) atoms. The van der Waals surface area contributed by atoms with Crippen LogP contribution >= 0.6 is 0 Å². The van der Waals surface area contributed by atoms with Crippen LogP contribution in [0.4, 0.5) is 14.5 Å². The lowest BCUT2D eigenvalue weighted by atomic mass is 10.2. The van der Waals surface area contributed by atoms with Crippen molar-refractivity contribution in [1.29, 1.82) is 0 Å². The van der Waals surface area contributed by atoms with Gasteiger partial charge in [0, 0.05) is 12.1 Å². The third kappa shape index (κ3) is 3.44. The number of hydrogen-bond donors (Lipinski definition) is 0. The van der Waals surface area contributed by atoms with E-state index < -0.39 is 16.6 Å². The summed E-state index contributed by atoms with van der Waals surface area (Å²) in [5.74, 6) is -1.72. The second-order valence-electron chi connectivity index (χ2n) is 4.13. The van der Waals surface area contributed by atoms with Gasteiger partial charge in [0.05, 0.1) is 12.0 Å². The van der Waals surface area contributed by atoms with Gasteiger partial charge >= 0.3 is 5.69 Å². The molecule has 0 saturated heterocycles. The van der Waals surface area contributed by atoms with Crippen LogP contribution in [0.5, 0.6) is 11.5 Å². The van der Waals surface area contributed by atoms with Gasteiger partial charge in [-0.05, 0) is 23.8 Å². The lowest BCUT2D eigenvalue weighted by Gasteiger charge is -2.08. The molecule has 0 bridgehead atoms. The van der Waals surface area contributed by atoms with E-state index in [1.54, 1.807) is 6.07 Å². The summed E-state index contributed by atoms with van der Waals surface area (Å²) in [6, 6.07) is 7.47. The van der Waals surface area contributed by atoms with Crippen molar-refractivity contribution in [3.63, 3.8) is 0 Å². The van der Waals surface area contributed by atoms with Gasteiger partial charge in [0.15, 0.2) is 17.4 Å². The highest BCUT2D eigenvalue weighted by Crippen LogP contribution is 2.28. The Morgan fingerprint density at radius 2 is 1.90 bits per heavy atom. The lowest BCUT2D eigenvalue weighted by Crippen LogP contribution is -1.99. The molecule has 0 N–H and O–H groups in total. The van der Waals surface area contributed by atoms with Crippen molar-refractivity contribution in [3.8, 4) is 11.5 Å². The number of nitrogens with zero attached hydrogens (tertiary/aromatic N) is 1. The van der Waals surface area contributed by atoms with E-state index in [0.717, 1.165) is 12.1 Å². The normalized spacial score (nSPS) is 10.2. The van der Waals surface area contributed by atoms with Crippen LogP contribution in [0.3, 0.4) is 0 Å². The van der Waals surface area contributed by atoms with Gasteiger partial charge in [-0.15, -0.1) is 0 Å². The van der Waals surface area contributed by atoms with Gasteiger partial charge in [-0.1, -0.05) is 6.07 Å². The molecule has 0 fully saturated rings. The molecule has 0 aromatic heterocycles. The van der Waals surface area contributed by atoms with Crippen molar-refractivity contribution in [2.45, 2.75) is 6.61 Å². The Labute approximate surface area is 118 Å². The Kier molecular flexibility index (Phi) is 4.32. The van der Waals surface area contributed by atoms with E-state index in [1.807, 2.05) is 0 Å². The van der Waals surface area contributed by atoms with Gasteiger partial charge < -0.3 is 9.47 Å². The van der Waals surface area contributed by atoms with Crippen molar-refractivity contribution in [1.82, 2.24) is 0 Å². The summed E-state index contributed by atoms with van der Waals surface area (Å²) in [7, 11) is 1.33. The van der Waals surface area contributed by atoms with E-state index >= 15 is 0 Å². The first kappa shape index (κ1) is 14.7. The highest BCUT2D eigenvalue weighted by atomic mass is 19.2. The number of hydrogen-bond acceptors (Lipinski definition) is 4. The molecule has 0 saturated carbocycles. The maximum atomic E-state index is 13.0. The van der Waals surface area contributed by atoms with Crippen LogP contribution in [0.2, 0.25) is 0 Å². The molecule has 0 radical (unpaired) electrons. The van der Waals surface area contributed by atoms with E-state index in [0.29, 0.717) is 5.56 Å². The van der Waals surface area contributed by atoms with Crippen LogP contribution < -0.4 is 9.47 Å². The third-order valence-corrected chi connectivity index (χ3v) is 2.74. The molecule has 0 amide bonds. The molecule has 0 aliphatic rings. The molecule has 7 heteroatoms. The molecule has 0 atom stereocenters. The predicted molar refractivity (Wildman–Crippen MR) is 70.3 cm³/mol. The first-order valence-corrected chi connectivity index (χ1v) is 5.90. The molecule has 2 rings (SSSR count). The van der Waals surface area contributed by atoms with Crippen LogP contribution in [0, 0.1) is 21.7 Å². The third-order valence-electron chi connectivity index (χ3n) is 2.74. The second kappa shape index (κ2) is 6.17. The smallest absolute Gasteiger partial charge is 0.311 e. The minimum atomic E-state index is -1.02. The van der Waals surface area contributed by atoms with Gasteiger partial charge in [-0.3, -0.25) is 10.1 Å². The fourth-order valence-electron chi connectivity index (χ4n) is 1.70. The molecule has 2 aromatic rings. The number of benzene rings is 2. The topological polar surface area (TPSA) is 61.6 Å². The minimum Gasteiger partial charge on any atom is -0.490 e. The fourth-order valence-corrected chi connectivity index (χ4v) is 1.70. The Morgan fingerprint density at radius 1 is 1.14 bits per heavy atom. The zero-order valence-corrected chi connectivity index (χ0v) is 11.0. The van der Waals surface area contributed by atoms with Crippen molar-refractivity contribution in [3.05, 3.63) is 63.7 Å². The van der Waals surface area contributed by atoms with Crippen LogP contribution in [-0.2, 0) is 6.61 Å². The van der Waals surface area contributed by atoms with Crippen LogP contribution in [0.25, 0.3) is 0 Å². The molecule has 0 unspecified atom stereocenters. The summed E-state index contributed by atoms with van der Waals surface area (Å²) < 4.78 is 35.9. The highest BCUT2D eigenvalue weighted by molar-refractivity contribution is 5.48. The first-order valence-electron chi connectivity index (χ1n) is 5.90. The van der Waals surface area contributed by atoms with Crippen molar-refractivity contribution in [2.24, 2.45) is 0 Å². The summed E-state index contributed by atoms with van der Waals surface area (Å²) >= 11 is 0. The van der Waals surface area contributed by atoms with Gasteiger partial charge in [-0.25, -0.2) is 8.78 Å². The zero-order valence-electron chi connectivity index (χ0n) is 11.0. The summed E-state index contributed by atoms with van der Waals surface area (Å²) in [6.45, 7) is -0.0179. The van der Waals surface area contributed by atoms with Crippen LogP contribution in [0.1, 0.15) is 5.56 Å². The Balaban J connectivity index is 2.14. The summed E-state index contributed by atoms with van der Waals surface area (Å²) in [5, 5.41) is 10.9. The molecule has 0 heterocycles. The van der Waals surface area contributed by atoms with Crippen molar-refractivity contribution < 1.29 is 23.2 Å². The Hall–Kier alpha value is -2.70.